The second-order valence-electron chi connectivity index (χ2n) is 3.07. The first-order chi connectivity index (χ1) is 6.45. The van der Waals surface area contributed by atoms with Gasteiger partial charge >= 0.3 is 6.18 Å². The molecule has 1 aromatic rings. The number of aryl methyl sites for hydroxylation is 1. The summed E-state index contributed by atoms with van der Waals surface area (Å²) in [5.41, 5.74) is 0.748. The standard InChI is InChI=1S/C10H11F3O/c1-7-3-4-9(10(11,12)13)5-8(7)6-14-2/h3-5H,6H2,1-2H3. The van der Waals surface area contributed by atoms with Gasteiger partial charge in [0.15, 0.2) is 0 Å². The molecule has 0 bridgehead atoms. The lowest BCUT2D eigenvalue weighted by atomic mass is 10.1. The Bertz CT molecular complexity index is 318. The van der Waals surface area contributed by atoms with Gasteiger partial charge < -0.3 is 4.74 Å². The zero-order chi connectivity index (χ0) is 10.8. The van der Waals surface area contributed by atoms with Gasteiger partial charge in [0, 0.05) is 7.11 Å². The second kappa shape index (κ2) is 4.00. The van der Waals surface area contributed by atoms with Crippen LogP contribution in [0.2, 0.25) is 0 Å². The van der Waals surface area contributed by atoms with E-state index in [4.69, 9.17) is 4.74 Å². The van der Waals surface area contributed by atoms with Gasteiger partial charge in [0.05, 0.1) is 12.2 Å². The van der Waals surface area contributed by atoms with Crippen LogP contribution in [0.15, 0.2) is 18.2 Å². The SMILES string of the molecule is COCc1cc(C(F)(F)F)ccc1C. The van der Waals surface area contributed by atoms with Crippen LogP contribution in [0.1, 0.15) is 16.7 Å². The van der Waals surface area contributed by atoms with Crippen LogP contribution in [-0.2, 0) is 17.5 Å². The minimum absolute atomic E-state index is 0.204. The van der Waals surface area contributed by atoms with Crippen LogP contribution in [0.4, 0.5) is 13.2 Å². The molecule has 14 heavy (non-hydrogen) atoms. The summed E-state index contributed by atoms with van der Waals surface area (Å²) in [6.45, 7) is 1.96. The molecule has 0 aliphatic carbocycles. The molecule has 1 rings (SSSR count). The Morgan fingerprint density at radius 1 is 1.29 bits per heavy atom. The highest BCUT2D eigenvalue weighted by Gasteiger charge is 2.30. The molecule has 0 spiro atoms. The fourth-order valence-electron chi connectivity index (χ4n) is 1.16. The molecule has 0 aliphatic heterocycles. The summed E-state index contributed by atoms with van der Waals surface area (Å²) in [6, 6.07) is 3.66. The molecule has 0 fully saturated rings. The largest absolute Gasteiger partial charge is 0.416 e. The van der Waals surface area contributed by atoms with Crippen molar-refractivity contribution in [3.63, 3.8) is 0 Å². The number of rotatable bonds is 2. The summed E-state index contributed by atoms with van der Waals surface area (Å²) in [6.07, 6.45) is -4.28. The average Bonchev–Trinajstić information content (AvgIpc) is 2.07. The van der Waals surface area contributed by atoms with Crippen molar-refractivity contribution in [2.75, 3.05) is 7.11 Å². The number of halogens is 3. The molecular weight excluding hydrogens is 193 g/mol. The van der Waals surface area contributed by atoms with Crippen LogP contribution in [0.3, 0.4) is 0 Å². The maximum atomic E-state index is 12.3. The molecule has 1 aromatic carbocycles. The van der Waals surface area contributed by atoms with E-state index in [2.05, 4.69) is 0 Å². The highest BCUT2D eigenvalue weighted by atomic mass is 19.4. The van der Waals surface area contributed by atoms with Crippen molar-refractivity contribution in [1.82, 2.24) is 0 Å². The Morgan fingerprint density at radius 2 is 1.93 bits per heavy atom. The summed E-state index contributed by atoms with van der Waals surface area (Å²) in [7, 11) is 1.46. The molecule has 0 amide bonds. The van der Waals surface area contributed by atoms with E-state index in [9.17, 15) is 13.2 Å². The molecule has 0 atom stereocenters. The predicted octanol–water partition coefficient (Wildman–Crippen LogP) is 3.16. The van der Waals surface area contributed by atoms with Crippen LogP contribution in [0.25, 0.3) is 0 Å². The van der Waals surface area contributed by atoms with Crippen molar-refractivity contribution in [3.05, 3.63) is 34.9 Å². The molecule has 0 aliphatic rings. The van der Waals surface area contributed by atoms with Gasteiger partial charge in [-0.1, -0.05) is 6.07 Å². The quantitative estimate of drug-likeness (QED) is 0.719. The van der Waals surface area contributed by atoms with Gasteiger partial charge in [-0.25, -0.2) is 0 Å². The van der Waals surface area contributed by atoms with Crippen LogP contribution < -0.4 is 0 Å². The molecule has 0 heterocycles. The maximum absolute atomic E-state index is 12.3. The fraction of sp³-hybridized carbons (Fsp3) is 0.400. The van der Waals surface area contributed by atoms with Gasteiger partial charge in [0.1, 0.15) is 0 Å². The van der Waals surface area contributed by atoms with Crippen molar-refractivity contribution in [3.8, 4) is 0 Å². The molecule has 0 N–H and O–H groups in total. The molecule has 0 aromatic heterocycles. The molecule has 0 unspecified atom stereocenters. The second-order valence-corrected chi connectivity index (χ2v) is 3.07. The third kappa shape index (κ3) is 2.48. The Morgan fingerprint density at radius 3 is 2.43 bits per heavy atom. The topological polar surface area (TPSA) is 9.23 Å². The van der Waals surface area contributed by atoms with Gasteiger partial charge in [-0.05, 0) is 30.2 Å². The van der Waals surface area contributed by atoms with E-state index in [0.717, 1.165) is 17.7 Å². The third-order valence-electron chi connectivity index (χ3n) is 1.98. The Balaban J connectivity index is 3.06. The predicted molar refractivity (Wildman–Crippen MR) is 46.9 cm³/mol. The first-order valence-electron chi connectivity index (χ1n) is 4.11. The Labute approximate surface area is 80.5 Å². The summed E-state index contributed by atoms with van der Waals surface area (Å²) in [5.74, 6) is 0. The molecule has 0 radical (unpaired) electrons. The number of ether oxygens (including phenoxy) is 1. The molecule has 4 heteroatoms. The smallest absolute Gasteiger partial charge is 0.380 e. The van der Waals surface area contributed by atoms with Crippen molar-refractivity contribution in [2.45, 2.75) is 19.7 Å². The van der Waals surface area contributed by atoms with E-state index in [1.165, 1.54) is 13.2 Å². The van der Waals surface area contributed by atoms with Gasteiger partial charge in [0.25, 0.3) is 0 Å². The van der Waals surface area contributed by atoms with E-state index in [-0.39, 0.29) is 6.61 Å². The highest BCUT2D eigenvalue weighted by Crippen LogP contribution is 2.30. The fourth-order valence-corrected chi connectivity index (χ4v) is 1.16. The lowest BCUT2D eigenvalue weighted by Crippen LogP contribution is -2.06. The van der Waals surface area contributed by atoms with Crippen molar-refractivity contribution < 1.29 is 17.9 Å². The average molecular weight is 204 g/mol. The van der Waals surface area contributed by atoms with Crippen molar-refractivity contribution >= 4 is 0 Å². The van der Waals surface area contributed by atoms with Gasteiger partial charge in [0.2, 0.25) is 0 Å². The third-order valence-corrected chi connectivity index (χ3v) is 1.98. The molecule has 1 nitrogen and oxygen atoms in total. The van der Waals surface area contributed by atoms with Crippen LogP contribution >= 0.6 is 0 Å². The number of hydrogen-bond donors (Lipinski definition) is 0. The molecular formula is C10H11F3O. The van der Waals surface area contributed by atoms with Gasteiger partial charge in [-0.3, -0.25) is 0 Å². The zero-order valence-corrected chi connectivity index (χ0v) is 7.98. The Hall–Kier alpha value is -1.03. The highest BCUT2D eigenvalue weighted by molar-refractivity contribution is 5.32. The zero-order valence-electron chi connectivity index (χ0n) is 7.98. The van der Waals surface area contributed by atoms with E-state index in [1.54, 1.807) is 6.92 Å². The number of alkyl halides is 3. The summed E-state index contributed by atoms with van der Waals surface area (Å²) in [4.78, 5) is 0. The van der Waals surface area contributed by atoms with E-state index in [1.807, 2.05) is 0 Å². The van der Waals surface area contributed by atoms with E-state index in [0.29, 0.717) is 5.56 Å². The van der Waals surface area contributed by atoms with Gasteiger partial charge in [-0.2, -0.15) is 13.2 Å². The molecule has 0 saturated carbocycles. The first kappa shape index (κ1) is 11.0. The number of methoxy groups -OCH3 is 1. The summed E-state index contributed by atoms with van der Waals surface area (Å²) >= 11 is 0. The number of benzene rings is 1. The van der Waals surface area contributed by atoms with Gasteiger partial charge in [-0.15, -0.1) is 0 Å². The van der Waals surface area contributed by atoms with E-state index < -0.39 is 11.7 Å². The summed E-state index contributed by atoms with van der Waals surface area (Å²) in [5, 5.41) is 0. The van der Waals surface area contributed by atoms with Crippen molar-refractivity contribution in [1.29, 1.82) is 0 Å². The van der Waals surface area contributed by atoms with Crippen LogP contribution in [-0.4, -0.2) is 7.11 Å². The van der Waals surface area contributed by atoms with E-state index >= 15 is 0 Å². The molecule has 78 valence electrons. The minimum atomic E-state index is -4.28. The van der Waals surface area contributed by atoms with Crippen LogP contribution in [0, 0.1) is 6.92 Å². The maximum Gasteiger partial charge on any atom is 0.416 e. The first-order valence-corrected chi connectivity index (χ1v) is 4.11. The normalized spacial score (nSPS) is 11.8. The monoisotopic (exact) mass is 204 g/mol. The minimum Gasteiger partial charge on any atom is -0.380 e. The lowest BCUT2D eigenvalue weighted by Gasteiger charge is -2.10. The Kier molecular flexibility index (Phi) is 3.16. The molecule has 0 saturated heterocycles. The lowest BCUT2D eigenvalue weighted by molar-refractivity contribution is -0.137. The van der Waals surface area contributed by atoms with Crippen molar-refractivity contribution in [2.24, 2.45) is 0 Å². The number of hydrogen-bond acceptors (Lipinski definition) is 1. The van der Waals surface area contributed by atoms with Crippen LogP contribution in [0.5, 0.6) is 0 Å². The summed E-state index contributed by atoms with van der Waals surface area (Å²) < 4.78 is 41.7.